The number of nitrogens with two attached hydrogens (primary N) is 1. The molecule has 1 heterocycles. The van der Waals surface area contributed by atoms with Crippen LogP contribution in [-0.2, 0) is 4.79 Å². The fourth-order valence-electron chi connectivity index (χ4n) is 4.12. The van der Waals surface area contributed by atoms with Gasteiger partial charge in [-0.05, 0) is 50.3 Å². The van der Waals surface area contributed by atoms with Crippen molar-refractivity contribution in [2.24, 2.45) is 17.6 Å². The van der Waals surface area contributed by atoms with Crippen molar-refractivity contribution in [1.29, 1.82) is 0 Å². The van der Waals surface area contributed by atoms with Gasteiger partial charge in [0.15, 0.2) is 0 Å². The van der Waals surface area contributed by atoms with Crippen molar-refractivity contribution < 1.29 is 9.59 Å². The highest BCUT2D eigenvalue weighted by atomic mass is 16.2. The fourth-order valence-corrected chi connectivity index (χ4v) is 4.12. The molecule has 0 radical (unpaired) electrons. The van der Waals surface area contributed by atoms with Crippen molar-refractivity contribution >= 4 is 11.8 Å². The molecule has 3 atom stereocenters. The molecule has 1 aliphatic heterocycles. The maximum Gasteiger partial charge on any atom is 0.253 e. The number of carbonyl (C=O) groups excluding carboxylic acids is 2. The summed E-state index contributed by atoms with van der Waals surface area (Å²) in [6.45, 7) is 1.88. The Morgan fingerprint density at radius 1 is 1.08 bits per heavy atom. The largest absolute Gasteiger partial charge is 0.353 e. The third kappa shape index (κ3) is 4.40. The number of nitrogens with one attached hydrogen (secondary N) is 1. The van der Waals surface area contributed by atoms with Gasteiger partial charge in [-0.1, -0.05) is 31.0 Å². The molecule has 2 aliphatic rings. The first-order chi connectivity index (χ1) is 12.2. The van der Waals surface area contributed by atoms with Crippen molar-refractivity contribution in [2.45, 2.75) is 44.6 Å². The molecule has 2 fully saturated rings. The van der Waals surface area contributed by atoms with Crippen LogP contribution in [0.3, 0.4) is 0 Å². The quantitative estimate of drug-likeness (QED) is 0.880. The van der Waals surface area contributed by atoms with E-state index >= 15 is 0 Å². The van der Waals surface area contributed by atoms with Gasteiger partial charge in [0.25, 0.3) is 5.91 Å². The average Bonchev–Trinajstić information content (AvgIpc) is 2.68. The molecule has 1 saturated carbocycles. The van der Waals surface area contributed by atoms with Gasteiger partial charge in [-0.3, -0.25) is 9.59 Å². The second kappa shape index (κ2) is 8.48. The van der Waals surface area contributed by atoms with Crippen molar-refractivity contribution in [2.75, 3.05) is 19.6 Å². The molecule has 0 aromatic heterocycles. The zero-order valence-corrected chi connectivity index (χ0v) is 14.8. The van der Waals surface area contributed by atoms with E-state index in [-0.39, 0.29) is 23.8 Å². The molecule has 25 heavy (non-hydrogen) atoms. The number of rotatable bonds is 4. The summed E-state index contributed by atoms with van der Waals surface area (Å²) < 4.78 is 0. The van der Waals surface area contributed by atoms with Crippen LogP contribution in [0.1, 0.15) is 48.9 Å². The smallest absolute Gasteiger partial charge is 0.253 e. The summed E-state index contributed by atoms with van der Waals surface area (Å²) in [5.74, 6) is 0.400. The van der Waals surface area contributed by atoms with E-state index in [4.69, 9.17) is 5.73 Å². The van der Waals surface area contributed by atoms with E-state index in [0.29, 0.717) is 24.6 Å². The van der Waals surface area contributed by atoms with Crippen molar-refractivity contribution in [3.63, 3.8) is 0 Å². The highest BCUT2D eigenvalue weighted by Crippen LogP contribution is 2.25. The molecular formula is C20H29N3O2. The zero-order chi connectivity index (χ0) is 17.6. The highest BCUT2D eigenvalue weighted by molar-refractivity contribution is 5.94. The molecule has 1 saturated heterocycles. The monoisotopic (exact) mass is 343 g/mol. The predicted octanol–water partition coefficient (Wildman–Crippen LogP) is 2.17. The first-order valence-corrected chi connectivity index (χ1v) is 9.54. The van der Waals surface area contributed by atoms with Gasteiger partial charge < -0.3 is 16.0 Å². The van der Waals surface area contributed by atoms with Crippen LogP contribution in [0.25, 0.3) is 0 Å². The minimum absolute atomic E-state index is 0.0237. The molecule has 3 N–H and O–H groups in total. The van der Waals surface area contributed by atoms with Gasteiger partial charge >= 0.3 is 0 Å². The van der Waals surface area contributed by atoms with Gasteiger partial charge in [-0.15, -0.1) is 0 Å². The first-order valence-electron chi connectivity index (χ1n) is 9.54. The zero-order valence-electron chi connectivity index (χ0n) is 14.8. The fraction of sp³-hybridized carbons (Fsp3) is 0.600. The first kappa shape index (κ1) is 17.9. The third-order valence-corrected chi connectivity index (χ3v) is 5.64. The van der Waals surface area contributed by atoms with Crippen LogP contribution in [0.15, 0.2) is 30.3 Å². The standard InChI is InChI=1S/C20H29N3O2/c21-13-16-9-4-5-11-18(16)22-19(24)17-10-6-12-23(14-17)20(25)15-7-2-1-3-8-15/h1-3,7-8,16-18H,4-6,9-14,21H2,(H,22,24). The third-order valence-electron chi connectivity index (χ3n) is 5.64. The lowest BCUT2D eigenvalue weighted by molar-refractivity contribution is -0.127. The number of benzene rings is 1. The van der Waals surface area contributed by atoms with Crippen molar-refractivity contribution in [3.8, 4) is 0 Å². The molecule has 0 spiro atoms. The van der Waals surface area contributed by atoms with Crippen molar-refractivity contribution in [3.05, 3.63) is 35.9 Å². The molecule has 3 rings (SSSR count). The Hall–Kier alpha value is -1.88. The Bertz CT molecular complexity index is 590. The topological polar surface area (TPSA) is 75.4 Å². The molecule has 5 nitrogen and oxygen atoms in total. The lowest BCUT2D eigenvalue weighted by atomic mass is 9.84. The van der Waals surface area contributed by atoms with Crippen LogP contribution in [0.4, 0.5) is 0 Å². The molecule has 1 aromatic carbocycles. The van der Waals surface area contributed by atoms with Gasteiger partial charge in [-0.2, -0.15) is 0 Å². The molecule has 0 bridgehead atoms. The Morgan fingerprint density at radius 3 is 2.60 bits per heavy atom. The van der Waals surface area contributed by atoms with E-state index in [1.54, 1.807) is 0 Å². The second-order valence-corrected chi connectivity index (χ2v) is 7.35. The Morgan fingerprint density at radius 2 is 1.84 bits per heavy atom. The van der Waals surface area contributed by atoms with Crippen molar-refractivity contribution in [1.82, 2.24) is 10.2 Å². The van der Waals surface area contributed by atoms with Crippen LogP contribution in [0.5, 0.6) is 0 Å². The van der Waals surface area contributed by atoms with Crippen LogP contribution >= 0.6 is 0 Å². The number of hydrogen-bond donors (Lipinski definition) is 2. The summed E-state index contributed by atoms with van der Waals surface area (Å²) in [7, 11) is 0. The van der Waals surface area contributed by atoms with Gasteiger partial charge in [0.2, 0.25) is 5.91 Å². The summed E-state index contributed by atoms with van der Waals surface area (Å²) >= 11 is 0. The minimum atomic E-state index is -0.109. The minimum Gasteiger partial charge on any atom is -0.353 e. The van der Waals surface area contributed by atoms with E-state index in [9.17, 15) is 9.59 Å². The maximum absolute atomic E-state index is 12.7. The number of likely N-dealkylation sites (tertiary alicyclic amines) is 1. The van der Waals surface area contributed by atoms with E-state index < -0.39 is 0 Å². The van der Waals surface area contributed by atoms with Gasteiger partial charge in [0.05, 0.1) is 5.92 Å². The average molecular weight is 343 g/mol. The molecular weight excluding hydrogens is 314 g/mol. The summed E-state index contributed by atoms with van der Waals surface area (Å²) in [6.07, 6.45) is 6.21. The SMILES string of the molecule is NCC1CCCCC1NC(=O)C1CCCN(C(=O)c2ccccc2)C1. The molecule has 5 heteroatoms. The van der Waals surface area contributed by atoms with Gasteiger partial charge in [0, 0.05) is 24.7 Å². The number of piperidine rings is 1. The molecule has 2 amide bonds. The summed E-state index contributed by atoms with van der Waals surface area (Å²) in [6, 6.07) is 9.52. The number of hydrogen-bond acceptors (Lipinski definition) is 3. The Balaban J connectivity index is 1.59. The Kier molecular flexibility index (Phi) is 6.08. The molecule has 1 aromatic rings. The predicted molar refractivity (Wildman–Crippen MR) is 98.0 cm³/mol. The number of amides is 2. The van der Waals surface area contributed by atoms with Crippen LogP contribution in [0, 0.1) is 11.8 Å². The van der Waals surface area contributed by atoms with Crippen LogP contribution in [0.2, 0.25) is 0 Å². The van der Waals surface area contributed by atoms with E-state index in [0.717, 1.165) is 38.6 Å². The Labute approximate surface area is 150 Å². The summed E-state index contributed by atoms with van der Waals surface area (Å²) in [5, 5.41) is 3.23. The lowest BCUT2D eigenvalue weighted by Crippen LogP contribution is -2.50. The van der Waals surface area contributed by atoms with E-state index in [1.807, 2.05) is 35.2 Å². The van der Waals surface area contributed by atoms with E-state index in [2.05, 4.69) is 5.32 Å². The molecule has 136 valence electrons. The van der Waals surface area contributed by atoms with E-state index in [1.165, 1.54) is 6.42 Å². The number of carbonyl (C=O) groups is 2. The van der Waals surface area contributed by atoms with Crippen LogP contribution in [-0.4, -0.2) is 42.4 Å². The van der Waals surface area contributed by atoms with Gasteiger partial charge in [-0.25, -0.2) is 0 Å². The summed E-state index contributed by atoms with van der Waals surface area (Å²) in [4.78, 5) is 27.2. The number of nitrogens with zero attached hydrogens (tertiary/aromatic N) is 1. The lowest BCUT2D eigenvalue weighted by Gasteiger charge is -2.35. The second-order valence-electron chi connectivity index (χ2n) is 7.35. The van der Waals surface area contributed by atoms with Crippen LogP contribution < -0.4 is 11.1 Å². The molecule has 3 unspecified atom stereocenters. The highest BCUT2D eigenvalue weighted by Gasteiger charge is 2.32. The molecule has 1 aliphatic carbocycles. The summed E-state index contributed by atoms with van der Waals surface area (Å²) in [5.41, 5.74) is 6.56. The van der Waals surface area contributed by atoms with Gasteiger partial charge in [0.1, 0.15) is 0 Å². The maximum atomic E-state index is 12.7. The normalized spacial score (nSPS) is 26.9.